The van der Waals surface area contributed by atoms with Gasteiger partial charge in [-0.15, -0.1) is 0 Å². The average Bonchev–Trinajstić information content (AvgIpc) is 3.51. The summed E-state index contributed by atoms with van der Waals surface area (Å²) in [7, 11) is 3.09. The molecule has 142 valence electrons. The second-order valence-corrected chi connectivity index (χ2v) is 6.42. The fourth-order valence-corrected chi connectivity index (χ4v) is 2.73. The highest BCUT2D eigenvalue weighted by molar-refractivity contribution is 5.86. The molecule has 2 aromatic rings. The van der Waals surface area contributed by atoms with E-state index in [0.29, 0.717) is 22.6 Å². The lowest BCUT2D eigenvalue weighted by Crippen LogP contribution is -2.33. The third-order valence-electron chi connectivity index (χ3n) is 4.34. The number of hydrogen-bond donors (Lipinski definition) is 1. The van der Waals surface area contributed by atoms with E-state index >= 15 is 0 Å². The molecule has 0 bridgehead atoms. The van der Waals surface area contributed by atoms with Gasteiger partial charge in [-0.1, -0.05) is 36.4 Å². The zero-order chi connectivity index (χ0) is 19.2. The van der Waals surface area contributed by atoms with Crippen LogP contribution in [0.25, 0.3) is 0 Å². The molecule has 1 unspecified atom stereocenters. The van der Waals surface area contributed by atoms with Crippen LogP contribution >= 0.6 is 0 Å². The Morgan fingerprint density at radius 3 is 2.44 bits per heavy atom. The highest BCUT2D eigenvalue weighted by Gasteiger charge is 2.30. The minimum atomic E-state index is -0.969. The number of esters is 1. The number of benzene rings is 2. The van der Waals surface area contributed by atoms with Gasteiger partial charge in [0.2, 0.25) is 6.10 Å². The zero-order valence-corrected chi connectivity index (χ0v) is 15.4. The first-order chi connectivity index (χ1) is 13.1. The highest BCUT2D eigenvalue weighted by atomic mass is 16.5. The van der Waals surface area contributed by atoms with Crippen LogP contribution in [0, 0.1) is 0 Å². The molecule has 6 nitrogen and oxygen atoms in total. The molecule has 1 amide bonds. The van der Waals surface area contributed by atoms with E-state index in [4.69, 9.17) is 14.2 Å². The van der Waals surface area contributed by atoms with Crippen LogP contribution in [0.15, 0.2) is 48.5 Å². The number of nitrogens with one attached hydrogen (secondary N) is 1. The Balaban J connectivity index is 1.73. The SMILES string of the molecule is COc1ccc(CC(=O)OC(C(=O)NC2CC2)c2ccccc2)c(OC)c1. The molecule has 0 heterocycles. The molecule has 1 fully saturated rings. The van der Waals surface area contributed by atoms with Crippen molar-refractivity contribution in [3.05, 3.63) is 59.7 Å². The Kier molecular flexibility index (Phi) is 5.96. The average molecular weight is 369 g/mol. The van der Waals surface area contributed by atoms with Gasteiger partial charge in [-0.05, 0) is 18.9 Å². The van der Waals surface area contributed by atoms with Gasteiger partial charge in [0.15, 0.2) is 0 Å². The number of ether oxygens (including phenoxy) is 3. The summed E-state index contributed by atoms with van der Waals surface area (Å²) in [6.07, 6.45) is 0.949. The van der Waals surface area contributed by atoms with Gasteiger partial charge in [0.25, 0.3) is 5.91 Å². The van der Waals surface area contributed by atoms with E-state index in [0.717, 1.165) is 12.8 Å². The molecule has 0 aromatic heterocycles. The van der Waals surface area contributed by atoms with Crippen molar-refractivity contribution in [2.75, 3.05) is 14.2 Å². The van der Waals surface area contributed by atoms with Gasteiger partial charge in [0.05, 0.1) is 20.6 Å². The number of carbonyl (C=O) groups excluding carboxylic acids is 2. The largest absolute Gasteiger partial charge is 0.497 e. The maximum atomic E-state index is 12.6. The summed E-state index contributed by atoms with van der Waals surface area (Å²) in [4.78, 5) is 25.1. The molecule has 1 N–H and O–H groups in total. The van der Waals surface area contributed by atoms with Crippen LogP contribution in [0.2, 0.25) is 0 Å². The number of methoxy groups -OCH3 is 2. The van der Waals surface area contributed by atoms with Gasteiger partial charge in [-0.2, -0.15) is 0 Å². The van der Waals surface area contributed by atoms with Gasteiger partial charge in [-0.3, -0.25) is 9.59 Å². The van der Waals surface area contributed by atoms with Crippen molar-refractivity contribution < 1.29 is 23.8 Å². The van der Waals surface area contributed by atoms with E-state index < -0.39 is 12.1 Å². The number of amides is 1. The molecular weight excluding hydrogens is 346 g/mol. The summed E-state index contributed by atoms with van der Waals surface area (Å²) in [6, 6.07) is 14.4. The standard InChI is InChI=1S/C21H23NO5/c1-25-17-11-8-15(18(13-17)26-2)12-19(23)27-20(14-6-4-3-5-7-14)21(24)22-16-9-10-16/h3-8,11,13,16,20H,9-10,12H2,1-2H3,(H,22,24). The molecule has 0 saturated heterocycles. The first-order valence-corrected chi connectivity index (χ1v) is 8.86. The van der Waals surface area contributed by atoms with Gasteiger partial charge >= 0.3 is 5.97 Å². The van der Waals surface area contributed by atoms with Crippen molar-refractivity contribution in [3.63, 3.8) is 0 Å². The predicted octanol–water partition coefficient (Wildman–Crippen LogP) is 2.81. The van der Waals surface area contributed by atoms with Crippen LogP contribution in [-0.4, -0.2) is 32.1 Å². The number of carbonyl (C=O) groups is 2. The van der Waals surface area contributed by atoms with E-state index in [2.05, 4.69) is 5.32 Å². The normalized spacial score (nSPS) is 14.1. The lowest BCUT2D eigenvalue weighted by atomic mass is 10.1. The van der Waals surface area contributed by atoms with Crippen LogP contribution in [-0.2, 0) is 20.7 Å². The van der Waals surface area contributed by atoms with Crippen molar-refractivity contribution in [2.24, 2.45) is 0 Å². The summed E-state index contributed by atoms with van der Waals surface area (Å²) in [5.74, 6) is 0.372. The smallest absolute Gasteiger partial charge is 0.311 e. The second kappa shape index (κ2) is 8.58. The van der Waals surface area contributed by atoms with Gasteiger partial charge in [0.1, 0.15) is 11.5 Å². The van der Waals surface area contributed by atoms with Crippen molar-refractivity contribution in [3.8, 4) is 11.5 Å². The molecule has 0 radical (unpaired) electrons. The second-order valence-electron chi connectivity index (χ2n) is 6.42. The molecule has 27 heavy (non-hydrogen) atoms. The van der Waals surface area contributed by atoms with Crippen molar-refractivity contribution in [1.29, 1.82) is 0 Å². The lowest BCUT2D eigenvalue weighted by molar-refractivity contribution is -0.156. The van der Waals surface area contributed by atoms with Crippen LogP contribution in [0.4, 0.5) is 0 Å². The van der Waals surface area contributed by atoms with E-state index in [1.807, 2.05) is 18.2 Å². The van der Waals surface area contributed by atoms with Gasteiger partial charge in [0, 0.05) is 23.2 Å². The first kappa shape index (κ1) is 18.8. The molecule has 1 aliphatic carbocycles. The van der Waals surface area contributed by atoms with Gasteiger partial charge in [-0.25, -0.2) is 0 Å². The van der Waals surface area contributed by atoms with E-state index in [1.165, 1.54) is 7.11 Å². The Labute approximate surface area is 158 Å². The topological polar surface area (TPSA) is 73.9 Å². The highest BCUT2D eigenvalue weighted by Crippen LogP contribution is 2.27. The minimum Gasteiger partial charge on any atom is -0.497 e. The summed E-state index contributed by atoms with van der Waals surface area (Å²) >= 11 is 0. The first-order valence-electron chi connectivity index (χ1n) is 8.86. The van der Waals surface area contributed by atoms with Crippen LogP contribution < -0.4 is 14.8 Å². The molecular formula is C21H23NO5. The molecule has 6 heteroatoms. The zero-order valence-electron chi connectivity index (χ0n) is 15.4. The number of hydrogen-bond acceptors (Lipinski definition) is 5. The van der Waals surface area contributed by atoms with E-state index in [9.17, 15) is 9.59 Å². The van der Waals surface area contributed by atoms with Crippen molar-refractivity contribution >= 4 is 11.9 Å². The van der Waals surface area contributed by atoms with Crippen LogP contribution in [0.3, 0.4) is 0 Å². The Morgan fingerprint density at radius 2 is 1.81 bits per heavy atom. The molecule has 1 atom stereocenters. The van der Waals surface area contributed by atoms with E-state index in [1.54, 1.807) is 37.4 Å². The third-order valence-corrected chi connectivity index (χ3v) is 4.34. The summed E-state index contributed by atoms with van der Waals surface area (Å²) < 4.78 is 16.0. The Bertz CT molecular complexity index is 801. The molecule has 0 spiro atoms. The number of rotatable bonds is 8. The van der Waals surface area contributed by atoms with E-state index in [-0.39, 0.29) is 18.4 Å². The monoisotopic (exact) mass is 369 g/mol. The molecule has 1 saturated carbocycles. The summed E-state index contributed by atoms with van der Waals surface area (Å²) in [5.41, 5.74) is 1.31. The molecule has 0 aliphatic heterocycles. The molecule has 1 aliphatic rings. The Morgan fingerprint density at radius 1 is 1.07 bits per heavy atom. The summed E-state index contributed by atoms with van der Waals surface area (Å²) in [6.45, 7) is 0. The lowest BCUT2D eigenvalue weighted by Gasteiger charge is -2.18. The Hall–Kier alpha value is -3.02. The third kappa shape index (κ3) is 5.00. The fraction of sp³-hybridized carbons (Fsp3) is 0.333. The molecule has 3 rings (SSSR count). The predicted molar refractivity (Wildman–Crippen MR) is 99.7 cm³/mol. The fourth-order valence-electron chi connectivity index (χ4n) is 2.73. The van der Waals surface area contributed by atoms with Crippen LogP contribution in [0.1, 0.15) is 30.1 Å². The maximum Gasteiger partial charge on any atom is 0.311 e. The van der Waals surface area contributed by atoms with Crippen LogP contribution in [0.5, 0.6) is 11.5 Å². The van der Waals surface area contributed by atoms with Gasteiger partial charge < -0.3 is 19.5 Å². The van der Waals surface area contributed by atoms with Crippen molar-refractivity contribution in [2.45, 2.75) is 31.4 Å². The van der Waals surface area contributed by atoms with Crippen molar-refractivity contribution in [1.82, 2.24) is 5.32 Å². The minimum absolute atomic E-state index is 0.00674. The maximum absolute atomic E-state index is 12.6. The quantitative estimate of drug-likeness (QED) is 0.725. The molecule has 2 aromatic carbocycles. The summed E-state index contributed by atoms with van der Waals surface area (Å²) in [5, 5.41) is 2.90.